The van der Waals surface area contributed by atoms with Crippen LogP contribution in [0.5, 0.6) is 0 Å². The van der Waals surface area contributed by atoms with Crippen LogP contribution in [0.15, 0.2) is 27.9 Å². The number of imidazole rings is 1. The lowest BCUT2D eigenvalue weighted by atomic mass is 10.1. The summed E-state index contributed by atoms with van der Waals surface area (Å²) in [6.45, 7) is 5.71. The molecule has 1 aromatic carbocycles. The zero-order chi connectivity index (χ0) is 14.2. The molecule has 0 fully saturated rings. The first kappa shape index (κ1) is 13.8. The topological polar surface area (TPSA) is 94.8 Å². The summed E-state index contributed by atoms with van der Waals surface area (Å²) in [7, 11) is -3.57. The van der Waals surface area contributed by atoms with Crippen molar-refractivity contribution in [3.05, 3.63) is 28.7 Å². The highest BCUT2D eigenvalue weighted by Crippen LogP contribution is 2.16. The molecule has 1 aromatic heterocycles. The van der Waals surface area contributed by atoms with Gasteiger partial charge in [0.25, 0.3) is 0 Å². The van der Waals surface area contributed by atoms with Crippen LogP contribution in [0, 0.1) is 5.92 Å². The number of benzene rings is 1. The lowest BCUT2D eigenvalue weighted by molar-refractivity contribution is 0.476. The second-order valence-corrected chi connectivity index (χ2v) is 6.65. The van der Waals surface area contributed by atoms with E-state index in [2.05, 4.69) is 14.7 Å². The summed E-state index contributed by atoms with van der Waals surface area (Å²) in [5.41, 5.74) is 0.707. The summed E-state index contributed by atoms with van der Waals surface area (Å²) in [4.78, 5) is 16.4. The summed E-state index contributed by atoms with van der Waals surface area (Å²) >= 11 is 0. The van der Waals surface area contributed by atoms with E-state index in [1.807, 2.05) is 20.8 Å². The van der Waals surface area contributed by atoms with Crippen LogP contribution in [-0.4, -0.2) is 24.4 Å². The van der Waals surface area contributed by atoms with Crippen LogP contribution in [0.25, 0.3) is 11.0 Å². The van der Waals surface area contributed by atoms with Gasteiger partial charge in [0.05, 0.1) is 15.9 Å². The van der Waals surface area contributed by atoms with Crippen molar-refractivity contribution >= 4 is 21.1 Å². The van der Waals surface area contributed by atoms with Gasteiger partial charge < -0.3 is 9.97 Å². The fourth-order valence-electron chi connectivity index (χ4n) is 1.63. The van der Waals surface area contributed by atoms with E-state index >= 15 is 0 Å². The van der Waals surface area contributed by atoms with Gasteiger partial charge in [-0.05, 0) is 31.0 Å². The van der Waals surface area contributed by atoms with Crippen LogP contribution in [0.2, 0.25) is 0 Å². The molecule has 7 heteroatoms. The predicted octanol–water partition coefficient (Wildman–Crippen LogP) is 1.18. The molecule has 0 saturated carbocycles. The average molecular weight is 283 g/mol. The molecule has 0 aliphatic carbocycles. The number of hydrogen-bond donors (Lipinski definition) is 3. The molecule has 2 aromatic rings. The fourth-order valence-corrected chi connectivity index (χ4v) is 3.05. The van der Waals surface area contributed by atoms with E-state index in [1.165, 1.54) is 12.1 Å². The van der Waals surface area contributed by atoms with Crippen molar-refractivity contribution < 1.29 is 8.42 Å². The van der Waals surface area contributed by atoms with E-state index in [4.69, 9.17) is 0 Å². The number of hydrogen-bond acceptors (Lipinski definition) is 3. The summed E-state index contributed by atoms with van der Waals surface area (Å²) in [6, 6.07) is 4.33. The van der Waals surface area contributed by atoms with Gasteiger partial charge in [-0.15, -0.1) is 0 Å². The lowest BCUT2D eigenvalue weighted by Gasteiger charge is -2.17. The molecule has 104 valence electrons. The number of aromatic nitrogens is 2. The molecule has 19 heavy (non-hydrogen) atoms. The van der Waals surface area contributed by atoms with Crippen molar-refractivity contribution in [3.63, 3.8) is 0 Å². The summed E-state index contributed by atoms with van der Waals surface area (Å²) in [5.74, 6) is 0.200. The van der Waals surface area contributed by atoms with Crippen molar-refractivity contribution in [2.45, 2.75) is 31.7 Å². The SMILES string of the molecule is CC(C)[C@H](C)NS(=O)(=O)c1ccc2[nH]c(=O)[nH]c2c1. The van der Waals surface area contributed by atoms with Crippen LogP contribution in [0.4, 0.5) is 0 Å². The van der Waals surface area contributed by atoms with E-state index in [-0.39, 0.29) is 22.5 Å². The second kappa shape index (κ2) is 4.82. The van der Waals surface area contributed by atoms with Gasteiger partial charge >= 0.3 is 5.69 Å². The normalized spacial score (nSPS) is 14.1. The minimum absolute atomic E-state index is 0.141. The smallest absolute Gasteiger partial charge is 0.306 e. The maximum atomic E-state index is 12.2. The quantitative estimate of drug-likeness (QED) is 0.786. The molecule has 0 aliphatic rings. The monoisotopic (exact) mass is 283 g/mol. The summed E-state index contributed by atoms with van der Waals surface area (Å²) in [5, 5.41) is 0. The second-order valence-electron chi connectivity index (χ2n) is 4.94. The first-order valence-electron chi connectivity index (χ1n) is 6.04. The zero-order valence-corrected chi connectivity index (χ0v) is 11.8. The molecule has 0 radical (unpaired) electrons. The van der Waals surface area contributed by atoms with Crippen molar-refractivity contribution in [1.82, 2.24) is 14.7 Å². The maximum absolute atomic E-state index is 12.2. The number of rotatable bonds is 4. The Balaban J connectivity index is 2.40. The van der Waals surface area contributed by atoms with E-state index in [0.717, 1.165) is 0 Å². The zero-order valence-electron chi connectivity index (χ0n) is 11.0. The van der Waals surface area contributed by atoms with Gasteiger partial charge in [-0.2, -0.15) is 0 Å². The first-order valence-corrected chi connectivity index (χ1v) is 7.52. The van der Waals surface area contributed by atoms with E-state index in [0.29, 0.717) is 11.0 Å². The van der Waals surface area contributed by atoms with Gasteiger partial charge in [-0.3, -0.25) is 0 Å². The predicted molar refractivity (Wildman–Crippen MR) is 73.5 cm³/mol. The Labute approximate surface area is 111 Å². The Hall–Kier alpha value is -1.60. The van der Waals surface area contributed by atoms with E-state index in [1.54, 1.807) is 6.07 Å². The Bertz CT molecular complexity index is 743. The summed E-state index contributed by atoms with van der Waals surface area (Å²) in [6.07, 6.45) is 0. The molecule has 3 N–H and O–H groups in total. The van der Waals surface area contributed by atoms with Crippen LogP contribution >= 0.6 is 0 Å². The van der Waals surface area contributed by atoms with Crippen molar-refractivity contribution in [2.24, 2.45) is 5.92 Å². The molecule has 1 heterocycles. The summed E-state index contributed by atoms with van der Waals surface area (Å²) < 4.78 is 27.0. The first-order chi connectivity index (χ1) is 8.79. The van der Waals surface area contributed by atoms with Gasteiger partial charge in [0.1, 0.15) is 0 Å². The third-order valence-electron chi connectivity index (χ3n) is 3.14. The maximum Gasteiger partial charge on any atom is 0.323 e. The van der Waals surface area contributed by atoms with Crippen LogP contribution in [0.3, 0.4) is 0 Å². The number of H-pyrrole nitrogens is 2. The van der Waals surface area contributed by atoms with Gasteiger partial charge in [0, 0.05) is 6.04 Å². The molecular formula is C12H17N3O3S. The number of fused-ring (bicyclic) bond motifs is 1. The molecule has 2 rings (SSSR count). The van der Waals surface area contributed by atoms with Crippen molar-refractivity contribution in [3.8, 4) is 0 Å². The van der Waals surface area contributed by atoms with Gasteiger partial charge in [0.2, 0.25) is 10.0 Å². The third-order valence-corrected chi connectivity index (χ3v) is 4.70. The van der Waals surface area contributed by atoms with Crippen LogP contribution in [0.1, 0.15) is 20.8 Å². The van der Waals surface area contributed by atoms with Gasteiger partial charge in [-0.1, -0.05) is 13.8 Å². The molecule has 0 unspecified atom stereocenters. The highest BCUT2D eigenvalue weighted by atomic mass is 32.2. The molecule has 0 amide bonds. The number of sulfonamides is 1. The van der Waals surface area contributed by atoms with Crippen molar-refractivity contribution in [2.75, 3.05) is 0 Å². The average Bonchev–Trinajstić information content (AvgIpc) is 2.67. The standard InChI is InChI=1S/C12H17N3O3S/c1-7(2)8(3)15-19(17,18)9-4-5-10-11(6-9)14-12(16)13-10/h4-8,15H,1-3H3,(H2,13,14,16)/t8-/m0/s1. The molecular weight excluding hydrogens is 266 g/mol. The Morgan fingerprint density at radius 1 is 1.11 bits per heavy atom. The lowest BCUT2D eigenvalue weighted by Crippen LogP contribution is -2.36. The van der Waals surface area contributed by atoms with Crippen molar-refractivity contribution in [1.29, 1.82) is 0 Å². The highest BCUT2D eigenvalue weighted by Gasteiger charge is 2.19. The number of nitrogens with one attached hydrogen (secondary N) is 3. The highest BCUT2D eigenvalue weighted by molar-refractivity contribution is 7.89. The Morgan fingerprint density at radius 3 is 2.37 bits per heavy atom. The van der Waals surface area contributed by atoms with E-state index in [9.17, 15) is 13.2 Å². The third kappa shape index (κ3) is 2.87. The molecule has 6 nitrogen and oxygen atoms in total. The largest absolute Gasteiger partial charge is 0.323 e. The molecule has 0 aliphatic heterocycles. The van der Waals surface area contributed by atoms with Crippen LogP contribution in [-0.2, 0) is 10.0 Å². The molecule has 0 spiro atoms. The number of aromatic amines is 2. The minimum atomic E-state index is -3.57. The Kier molecular flexibility index (Phi) is 3.51. The molecule has 0 bridgehead atoms. The van der Waals surface area contributed by atoms with E-state index < -0.39 is 10.0 Å². The minimum Gasteiger partial charge on any atom is -0.306 e. The van der Waals surface area contributed by atoms with Gasteiger partial charge in [-0.25, -0.2) is 17.9 Å². The fraction of sp³-hybridized carbons (Fsp3) is 0.417. The molecule has 1 atom stereocenters. The van der Waals surface area contributed by atoms with Gasteiger partial charge in [0.15, 0.2) is 0 Å². The molecule has 0 saturated heterocycles. The Morgan fingerprint density at radius 2 is 1.74 bits per heavy atom. The van der Waals surface area contributed by atoms with Crippen LogP contribution < -0.4 is 10.4 Å².